The fourth-order valence-corrected chi connectivity index (χ4v) is 4.25. The average molecular weight is 481 g/mol. The van der Waals surface area contributed by atoms with E-state index in [0.29, 0.717) is 19.6 Å². The largest absolute Gasteiger partial charge is 0.494 e. The quantitative estimate of drug-likeness (QED) is 0.306. The van der Waals surface area contributed by atoms with Crippen LogP contribution in [0, 0.1) is 0 Å². The third kappa shape index (κ3) is 5.79. The Balaban J connectivity index is 1.38. The normalized spacial score (nSPS) is 13.1. The van der Waals surface area contributed by atoms with Crippen LogP contribution in [0.15, 0.2) is 67.3 Å². The third-order valence-electron chi connectivity index (χ3n) is 6.00. The van der Waals surface area contributed by atoms with Crippen molar-refractivity contribution in [2.24, 2.45) is 5.73 Å². The number of hydrogen-bond donors (Lipinski definition) is 2. The minimum Gasteiger partial charge on any atom is -0.494 e. The van der Waals surface area contributed by atoms with Crippen LogP contribution in [-0.2, 0) is 13.0 Å². The van der Waals surface area contributed by atoms with Gasteiger partial charge < -0.3 is 24.7 Å². The molecule has 0 aliphatic rings. The highest BCUT2D eigenvalue weighted by Gasteiger charge is 2.19. The summed E-state index contributed by atoms with van der Waals surface area (Å²) in [6, 6.07) is 15.8. The molecule has 34 heavy (non-hydrogen) atoms. The monoisotopic (exact) mass is 480 g/mol. The van der Waals surface area contributed by atoms with Gasteiger partial charge in [0.05, 0.1) is 30.6 Å². The van der Waals surface area contributed by atoms with Crippen molar-refractivity contribution in [2.75, 3.05) is 6.61 Å². The molecule has 2 aromatic carbocycles. The highest BCUT2D eigenvalue weighted by Crippen LogP contribution is 2.25. The molecule has 3 N–H and O–H groups in total. The maximum atomic E-state index is 11.4. The number of halogens is 1. The molecule has 0 saturated heterocycles. The van der Waals surface area contributed by atoms with Crippen LogP contribution >= 0.6 is 11.6 Å². The summed E-state index contributed by atoms with van der Waals surface area (Å²) in [6.45, 7) is 3.04. The molecule has 8 heteroatoms. The van der Waals surface area contributed by atoms with Crippen molar-refractivity contribution in [3.63, 3.8) is 0 Å². The fraction of sp³-hybridized carbons (Fsp3) is 0.308. The second kappa shape index (κ2) is 10.8. The Bertz CT molecular complexity index is 1250. The summed E-state index contributed by atoms with van der Waals surface area (Å²) < 4.78 is 9.91. The van der Waals surface area contributed by atoms with Crippen LogP contribution in [0.25, 0.3) is 10.9 Å². The first kappa shape index (κ1) is 23.9. The van der Waals surface area contributed by atoms with Gasteiger partial charge in [-0.15, -0.1) is 0 Å². The molecule has 4 aromatic rings. The van der Waals surface area contributed by atoms with Gasteiger partial charge >= 0.3 is 0 Å². The lowest BCUT2D eigenvalue weighted by atomic mass is 10.1. The predicted octanol–water partition coefficient (Wildman–Crippen LogP) is 4.61. The summed E-state index contributed by atoms with van der Waals surface area (Å²) in [6.07, 6.45) is 7.05. The van der Waals surface area contributed by atoms with Gasteiger partial charge in [-0.1, -0.05) is 23.7 Å². The maximum absolute atomic E-state index is 11.4. The molecule has 178 valence electrons. The van der Waals surface area contributed by atoms with Crippen LogP contribution in [0.1, 0.15) is 41.9 Å². The molecule has 0 aliphatic heterocycles. The Labute approximate surface area is 203 Å². The number of hydrogen-bond acceptors (Lipinski definition) is 4. The summed E-state index contributed by atoms with van der Waals surface area (Å²) in [4.78, 5) is 15.4. The number of imidazole rings is 1. The van der Waals surface area contributed by atoms with E-state index in [2.05, 4.69) is 27.8 Å². The molecule has 2 atom stereocenters. The van der Waals surface area contributed by atoms with Crippen molar-refractivity contribution in [3.05, 3.63) is 83.5 Å². The van der Waals surface area contributed by atoms with Gasteiger partial charge in [0.1, 0.15) is 11.4 Å². The molecule has 0 saturated carbocycles. The van der Waals surface area contributed by atoms with Gasteiger partial charge in [-0.2, -0.15) is 0 Å². The standard InChI is InChI=1S/C26H29ClN4O3/c1-18(32)24(31-16-23(26(28)33)29-17-31)11-13-30-12-10-20-6-9-22(15-25(20)30)34-14-2-3-19-4-7-21(27)8-5-19/h4-10,12,15-18,24,32H,2-3,11,13-14H2,1H3,(H2,28,33). The van der Waals surface area contributed by atoms with Gasteiger partial charge in [-0.3, -0.25) is 4.79 Å². The van der Waals surface area contributed by atoms with Gasteiger partial charge in [0, 0.05) is 30.0 Å². The van der Waals surface area contributed by atoms with E-state index < -0.39 is 12.0 Å². The summed E-state index contributed by atoms with van der Waals surface area (Å²) in [5.41, 5.74) is 7.81. The summed E-state index contributed by atoms with van der Waals surface area (Å²) >= 11 is 5.94. The van der Waals surface area contributed by atoms with E-state index in [9.17, 15) is 9.90 Å². The number of aryl methyl sites for hydroxylation is 2. The molecule has 2 unspecified atom stereocenters. The summed E-state index contributed by atoms with van der Waals surface area (Å²) in [5.74, 6) is 0.247. The molecule has 0 spiro atoms. The van der Waals surface area contributed by atoms with E-state index in [4.69, 9.17) is 22.1 Å². The van der Waals surface area contributed by atoms with Crippen molar-refractivity contribution >= 4 is 28.4 Å². The molecular weight excluding hydrogens is 452 g/mol. The van der Waals surface area contributed by atoms with Gasteiger partial charge in [0.25, 0.3) is 5.91 Å². The van der Waals surface area contributed by atoms with Crippen molar-refractivity contribution < 1.29 is 14.6 Å². The number of rotatable bonds is 11. The molecule has 1 amide bonds. The number of primary amides is 1. The van der Waals surface area contributed by atoms with Gasteiger partial charge in [0.15, 0.2) is 0 Å². The average Bonchev–Trinajstić information content (AvgIpc) is 3.46. The molecule has 2 heterocycles. The number of benzene rings is 2. The highest BCUT2D eigenvalue weighted by atomic mass is 35.5. The molecule has 4 rings (SSSR count). The number of fused-ring (bicyclic) bond motifs is 1. The number of carbonyl (C=O) groups excluding carboxylic acids is 1. The summed E-state index contributed by atoms with van der Waals surface area (Å²) in [7, 11) is 0. The third-order valence-corrected chi connectivity index (χ3v) is 6.25. The SMILES string of the molecule is CC(O)C(CCn1ccc2ccc(OCCCc3ccc(Cl)cc3)cc21)n1cnc(C(N)=O)c1. The van der Waals surface area contributed by atoms with Gasteiger partial charge in [0.2, 0.25) is 0 Å². The number of aromatic nitrogens is 3. The van der Waals surface area contributed by atoms with E-state index in [1.807, 2.05) is 36.5 Å². The Morgan fingerprint density at radius 1 is 1.21 bits per heavy atom. The summed E-state index contributed by atoms with van der Waals surface area (Å²) in [5, 5.41) is 12.2. The molecule has 2 aromatic heterocycles. The number of aliphatic hydroxyl groups excluding tert-OH is 1. The van der Waals surface area contributed by atoms with E-state index >= 15 is 0 Å². The Morgan fingerprint density at radius 3 is 2.71 bits per heavy atom. The van der Waals surface area contributed by atoms with Crippen molar-refractivity contribution in [3.8, 4) is 5.75 Å². The lowest BCUT2D eigenvalue weighted by Crippen LogP contribution is -2.22. The van der Waals surface area contributed by atoms with E-state index in [0.717, 1.165) is 34.5 Å². The van der Waals surface area contributed by atoms with Crippen molar-refractivity contribution in [1.29, 1.82) is 0 Å². The maximum Gasteiger partial charge on any atom is 0.268 e. The lowest BCUT2D eigenvalue weighted by Gasteiger charge is -2.22. The Kier molecular flexibility index (Phi) is 7.55. The topological polar surface area (TPSA) is 95.3 Å². The van der Waals surface area contributed by atoms with Crippen molar-refractivity contribution in [2.45, 2.75) is 44.9 Å². The van der Waals surface area contributed by atoms with Crippen LogP contribution < -0.4 is 10.5 Å². The molecule has 0 radical (unpaired) electrons. The zero-order chi connectivity index (χ0) is 24.1. The minimum absolute atomic E-state index is 0.190. The molecule has 0 bridgehead atoms. The number of nitrogens with zero attached hydrogens (tertiary/aromatic N) is 3. The lowest BCUT2D eigenvalue weighted by molar-refractivity contribution is 0.0994. The molecule has 0 fully saturated rings. The van der Waals surface area contributed by atoms with Crippen molar-refractivity contribution in [1.82, 2.24) is 14.1 Å². The first-order valence-corrected chi connectivity index (χ1v) is 11.8. The second-order valence-electron chi connectivity index (χ2n) is 8.48. The smallest absolute Gasteiger partial charge is 0.268 e. The molecule has 0 aliphatic carbocycles. The van der Waals surface area contributed by atoms with Crippen LogP contribution in [0.3, 0.4) is 0 Å². The predicted molar refractivity (Wildman–Crippen MR) is 133 cm³/mol. The van der Waals surface area contributed by atoms with Crippen LogP contribution in [0.4, 0.5) is 0 Å². The van der Waals surface area contributed by atoms with Crippen LogP contribution in [0.5, 0.6) is 5.75 Å². The number of ether oxygens (including phenoxy) is 1. The van der Waals surface area contributed by atoms with Crippen LogP contribution in [0.2, 0.25) is 5.02 Å². The van der Waals surface area contributed by atoms with E-state index in [-0.39, 0.29) is 11.7 Å². The van der Waals surface area contributed by atoms with Gasteiger partial charge in [-0.25, -0.2) is 4.98 Å². The second-order valence-corrected chi connectivity index (χ2v) is 8.91. The molecular formula is C26H29ClN4O3. The fourth-order valence-electron chi connectivity index (χ4n) is 4.12. The molecule has 7 nitrogen and oxygen atoms in total. The van der Waals surface area contributed by atoms with Crippen LogP contribution in [-0.4, -0.2) is 37.8 Å². The first-order chi connectivity index (χ1) is 16.4. The highest BCUT2D eigenvalue weighted by molar-refractivity contribution is 6.30. The number of carbonyl (C=O) groups is 1. The Hall–Kier alpha value is -3.29. The number of aliphatic hydroxyl groups is 1. The first-order valence-electron chi connectivity index (χ1n) is 11.4. The zero-order valence-electron chi connectivity index (χ0n) is 19.1. The van der Waals surface area contributed by atoms with E-state index in [1.165, 1.54) is 5.56 Å². The van der Waals surface area contributed by atoms with Gasteiger partial charge in [-0.05, 0) is 67.5 Å². The minimum atomic E-state index is -0.615. The Morgan fingerprint density at radius 2 is 2.00 bits per heavy atom. The zero-order valence-corrected chi connectivity index (χ0v) is 19.9. The van der Waals surface area contributed by atoms with E-state index in [1.54, 1.807) is 24.0 Å². The number of amides is 1. The number of nitrogens with two attached hydrogens (primary N) is 1.